The van der Waals surface area contributed by atoms with Gasteiger partial charge in [0.2, 0.25) is 0 Å². The zero-order chi connectivity index (χ0) is 15.5. The lowest BCUT2D eigenvalue weighted by molar-refractivity contribution is -0.133. The van der Waals surface area contributed by atoms with Gasteiger partial charge in [0.25, 0.3) is 0 Å². The van der Waals surface area contributed by atoms with Crippen LogP contribution in [0.15, 0.2) is 48.5 Å². The maximum atomic E-state index is 12.1. The Morgan fingerprint density at radius 3 is 2.50 bits per heavy atom. The third kappa shape index (κ3) is 2.39. The van der Waals surface area contributed by atoms with Crippen LogP contribution in [0.5, 0.6) is 5.75 Å². The Kier molecular flexibility index (Phi) is 3.74. The highest BCUT2D eigenvalue weighted by Crippen LogP contribution is 2.34. The lowest BCUT2D eigenvalue weighted by Gasteiger charge is -2.07. The lowest BCUT2D eigenvalue weighted by Crippen LogP contribution is -1.98. The fourth-order valence-corrected chi connectivity index (χ4v) is 2.54. The fourth-order valence-electron chi connectivity index (χ4n) is 2.54. The molecule has 0 amide bonds. The summed E-state index contributed by atoms with van der Waals surface area (Å²) in [5.41, 5.74) is 3.25. The predicted octanol–water partition coefficient (Wildman–Crippen LogP) is 2.98. The Morgan fingerprint density at radius 2 is 1.82 bits per heavy atom. The van der Waals surface area contributed by atoms with Crippen LogP contribution in [-0.4, -0.2) is 26.0 Å². The van der Waals surface area contributed by atoms with Gasteiger partial charge in [-0.1, -0.05) is 36.4 Å². The first-order valence-electron chi connectivity index (χ1n) is 6.84. The van der Waals surface area contributed by atoms with Crippen molar-refractivity contribution in [2.45, 2.75) is 0 Å². The molecule has 0 aliphatic carbocycles. The quantitative estimate of drug-likeness (QED) is 0.642. The number of hydrogen-bond acceptors (Lipinski definition) is 4. The van der Waals surface area contributed by atoms with Gasteiger partial charge in [-0.25, -0.2) is 4.79 Å². The molecule has 0 bridgehead atoms. The van der Waals surface area contributed by atoms with Gasteiger partial charge in [0.15, 0.2) is 6.29 Å². The second kappa shape index (κ2) is 5.85. The first-order chi connectivity index (χ1) is 10.7. The van der Waals surface area contributed by atoms with Crippen molar-refractivity contribution in [3.05, 3.63) is 65.2 Å². The van der Waals surface area contributed by atoms with E-state index in [4.69, 9.17) is 9.47 Å². The van der Waals surface area contributed by atoms with E-state index in [2.05, 4.69) is 0 Å². The highest BCUT2D eigenvalue weighted by Gasteiger charge is 2.28. The second-order valence-electron chi connectivity index (χ2n) is 4.86. The van der Waals surface area contributed by atoms with Crippen LogP contribution in [0.3, 0.4) is 0 Å². The molecule has 3 rings (SSSR count). The molecule has 1 aliphatic rings. The van der Waals surface area contributed by atoms with Gasteiger partial charge in [0.1, 0.15) is 12.4 Å². The zero-order valence-corrected chi connectivity index (χ0v) is 12.0. The summed E-state index contributed by atoms with van der Waals surface area (Å²) in [7, 11) is 1.59. The molecule has 2 aromatic carbocycles. The third-order valence-electron chi connectivity index (χ3n) is 3.65. The molecule has 0 saturated carbocycles. The molecule has 4 heteroatoms. The van der Waals surface area contributed by atoms with Crippen LogP contribution in [0.2, 0.25) is 0 Å². The first kappa shape index (κ1) is 14.1. The number of ether oxygens (including phenoxy) is 2. The van der Waals surface area contributed by atoms with Gasteiger partial charge in [-0.05, 0) is 23.3 Å². The summed E-state index contributed by atoms with van der Waals surface area (Å²) in [5.74, 6) is 0.339. The van der Waals surface area contributed by atoms with E-state index in [1.165, 1.54) is 0 Å². The topological polar surface area (TPSA) is 52.6 Å². The van der Waals surface area contributed by atoms with E-state index < -0.39 is 0 Å². The van der Waals surface area contributed by atoms with Crippen molar-refractivity contribution < 1.29 is 19.1 Å². The van der Waals surface area contributed by atoms with E-state index in [1.54, 1.807) is 31.4 Å². The molecule has 0 radical (unpaired) electrons. The molecule has 22 heavy (non-hydrogen) atoms. The van der Waals surface area contributed by atoms with Gasteiger partial charge >= 0.3 is 5.97 Å². The molecule has 0 atom stereocenters. The van der Waals surface area contributed by atoms with Gasteiger partial charge in [-0.2, -0.15) is 0 Å². The molecule has 1 heterocycles. The van der Waals surface area contributed by atoms with Crippen molar-refractivity contribution >= 4 is 23.4 Å². The largest absolute Gasteiger partial charge is 0.497 e. The molecule has 2 aromatic rings. The van der Waals surface area contributed by atoms with Crippen molar-refractivity contribution in [3.8, 4) is 5.75 Å². The van der Waals surface area contributed by atoms with Gasteiger partial charge in [0, 0.05) is 11.1 Å². The van der Waals surface area contributed by atoms with E-state index in [-0.39, 0.29) is 12.6 Å². The maximum Gasteiger partial charge on any atom is 0.339 e. The van der Waals surface area contributed by atoms with Crippen LogP contribution in [0.25, 0.3) is 11.1 Å². The SMILES string of the molecule is COc1ccc(C2=C(c3ccccc3C=O)COC2=O)cc1. The average molecular weight is 294 g/mol. The monoisotopic (exact) mass is 294 g/mol. The maximum absolute atomic E-state index is 12.1. The lowest BCUT2D eigenvalue weighted by atomic mass is 9.94. The number of methoxy groups -OCH3 is 1. The summed E-state index contributed by atoms with van der Waals surface area (Å²) in [6, 6.07) is 14.4. The Hall–Kier alpha value is -2.88. The first-order valence-corrected chi connectivity index (χ1v) is 6.84. The number of rotatable bonds is 4. The minimum Gasteiger partial charge on any atom is -0.497 e. The van der Waals surface area contributed by atoms with E-state index in [0.717, 1.165) is 23.0 Å². The van der Waals surface area contributed by atoms with Crippen molar-refractivity contribution in [2.24, 2.45) is 0 Å². The smallest absolute Gasteiger partial charge is 0.339 e. The molecule has 0 spiro atoms. The van der Waals surface area contributed by atoms with Crippen LogP contribution in [0, 0.1) is 0 Å². The van der Waals surface area contributed by atoms with Crippen LogP contribution in [0.1, 0.15) is 21.5 Å². The molecule has 0 unspecified atom stereocenters. The molecule has 110 valence electrons. The summed E-state index contributed by atoms with van der Waals surface area (Å²) in [6.45, 7) is 0.172. The number of aldehydes is 1. The molecule has 0 fully saturated rings. The van der Waals surface area contributed by atoms with Crippen molar-refractivity contribution in [1.29, 1.82) is 0 Å². The fraction of sp³-hybridized carbons (Fsp3) is 0.111. The Labute approximate surface area is 128 Å². The Bertz CT molecular complexity index is 757. The van der Waals surface area contributed by atoms with Crippen molar-refractivity contribution in [1.82, 2.24) is 0 Å². The molecule has 1 aliphatic heterocycles. The highest BCUT2D eigenvalue weighted by atomic mass is 16.5. The normalized spacial score (nSPS) is 14.0. The second-order valence-corrected chi connectivity index (χ2v) is 4.86. The minimum atomic E-state index is -0.374. The summed E-state index contributed by atoms with van der Waals surface area (Å²) >= 11 is 0. The summed E-state index contributed by atoms with van der Waals surface area (Å²) in [5, 5.41) is 0. The van der Waals surface area contributed by atoms with E-state index in [0.29, 0.717) is 16.9 Å². The molecule has 0 N–H and O–H groups in total. The van der Waals surface area contributed by atoms with Gasteiger partial charge in [-0.3, -0.25) is 4.79 Å². The Balaban J connectivity index is 2.15. The molecule has 0 aromatic heterocycles. The van der Waals surface area contributed by atoms with Crippen LogP contribution in [-0.2, 0) is 9.53 Å². The van der Waals surface area contributed by atoms with Crippen molar-refractivity contribution in [2.75, 3.05) is 13.7 Å². The molecular formula is C18H14O4. The zero-order valence-electron chi connectivity index (χ0n) is 12.0. The van der Waals surface area contributed by atoms with Crippen LogP contribution >= 0.6 is 0 Å². The van der Waals surface area contributed by atoms with Crippen LogP contribution < -0.4 is 4.74 Å². The summed E-state index contributed by atoms with van der Waals surface area (Å²) in [6.07, 6.45) is 0.788. The average Bonchev–Trinajstić information content (AvgIpc) is 2.96. The number of esters is 1. The predicted molar refractivity (Wildman–Crippen MR) is 82.6 cm³/mol. The molecule has 4 nitrogen and oxygen atoms in total. The number of hydrogen-bond donors (Lipinski definition) is 0. The third-order valence-corrected chi connectivity index (χ3v) is 3.65. The van der Waals surface area contributed by atoms with Gasteiger partial charge in [0.05, 0.1) is 12.7 Å². The van der Waals surface area contributed by atoms with E-state index in [1.807, 2.05) is 24.3 Å². The van der Waals surface area contributed by atoms with E-state index in [9.17, 15) is 9.59 Å². The summed E-state index contributed by atoms with van der Waals surface area (Å²) < 4.78 is 10.3. The van der Waals surface area contributed by atoms with E-state index >= 15 is 0 Å². The minimum absolute atomic E-state index is 0.172. The molecular weight excluding hydrogens is 280 g/mol. The number of cyclic esters (lactones) is 1. The standard InChI is InChI=1S/C18H14O4/c1-21-14-8-6-12(7-9-14)17-16(11-22-18(17)20)15-5-3-2-4-13(15)10-19/h2-10H,11H2,1H3. The number of carbonyl (C=O) groups is 2. The highest BCUT2D eigenvalue weighted by molar-refractivity contribution is 6.27. The van der Waals surface area contributed by atoms with Gasteiger partial charge < -0.3 is 9.47 Å². The Morgan fingerprint density at radius 1 is 1.09 bits per heavy atom. The summed E-state index contributed by atoms with van der Waals surface area (Å²) in [4.78, 5) is 23.3. The van der Waals surface area contributed by atoms with Crippen molar-refractivity contribution in [3.63, 3.8) is 0 Å². The van der Waals surface area contributed by atoms with Crippen LogP contribution in [0.4, 0.5) is 0 Å². The molecule has 0 saturated heterocycles. The number of benzene rings is 2. The van der Waals surface area contributed by atoms with Gasteiger partial charge in [-0.15, -0.1) is 0 Å². The number of carbonyl (C=O) groups excluding carboxylic acids is 2.